The highest BCUT2D eigenvalue weighted by atomic mass is 16.5. The summed E-state index contributed by atoms with van der Waals surface area (Å²) in [5.41, 5.74) is 2.57. The minimum absolute atomic E-state index is 0.0126. The van der Waals surface area contributed by atoms with Crippen LogP contribution in [0.3, 0.4) is 0 Å². The first-order chi connectivity index (χ1) is 9.58. The van der Waals surface area contributed by atoms with E-state index < -0.39 is 0 Å². The van der Waals surface area contributed by atoms with Gasteiger partial charge in [-0.15, -0.1) is 0 Å². The number of rotatable bonds is 4. The lowest BCUT2D eigenvalue weighted by molar-refractivity contribution is -0.0909. The molecule has 0 saturated carbocycles. The number of nitrogens with zero attached hydrogens (tertiary/aromatic N) is 1. The molecular weight excluding hydrogens is 246 g/mol. The molecule has 1 aromatic rings. The fourth-order valence-electron chi connectivity index (χ4n) is 3.23. The van der Waals surface area contributed by atoms with Crippen molar-refractivity contribution in [3.63, 3.8) is 0 Å². The van der Waals surface area contributed by atoms with Crippen LogP contribution < -0.4 is 0 Å². The molecule has 0 aromatic heterocycles. The van der Waals surface area contributed by atoms with Crippen LogP contribution in [-0.2, 0) is 4.74 Å². The van der Waals surface area contributed by atoms with Crippen molar-refractivity contribution >= 4 is 0 Å². The van der Waals surface area contributed by atoms with E-state index in [1.807, 2.05) is 0 Å². The molecule has 0 aliphatic carbocycles. The lowest BCUT2D eigenvalue weighted by atomic mass is 9.74. The molecule has 20 heavy (non-hydrogen) atoms. The summed E-state index contributed by atoms with van der Waals surface area (Å²) in [5, 5.41) is 9.19. The second-order valence-corrected chi connectivity index (χ2v) is 6.28. The van der Waals surface area contributed by atoms with Crippen LogP contribution in [0, 0.1) is 24.2 Å². The number of aryl methyl sites for hydroxylation is 1. The molecule has 0 spiro atoms. The van der Waals surface area contributed by atoms with E-state index in [0.29, 0.717) is 18.3 Å². The van der Waals surface area contributed by atoms with E-state index >= 15 is 0 Å². The topological polar surface area (TPSA) is 33.0 Å². The maximum absolute atomic E-state index is 9.19. The Kier molecular flexibility index (Phi) is 4.83. The Hall–Kier alpha value is -1.33. The molecule has 108 valence electrons. The average molecular weight is 271 g/mol. The van der Waals surface area contributed by atoms with Crippen LogP contribution in [0.4, 0.5) is 0 Å². The van der Waals surface area contributed by atoms with Gasteiger partial charge in [-0.1, -0.05) is 36.8 Å². The summed E-state index contributed by atoms with van der Waals surface area (Å²) in [5.74, 6) is 0.895. The molecule has 1 saturated heterocycles. The molecule has 0 bridgehead atoms. The zero-order valence-electron chi connectivity index (χ0n) is 12.9. The van der Waals surface area contributed by atoms with Crippen LogP contribution in [-0.4, -0.2) is 12.2 Å². The van der Waals surface area contributed by atoms with Gasteiger partial charge in [-0.05, 0) is 50.5 Å². The first-order valence-corrected chi connectivity index (χ1v) is 7.65. The lowest BCUT2D eigenvalue weighted by Crippen LogP contribution is -2.38. The van der Waals surface area contributed by atoms with Crippen molar-refractivity contribution in [3.8, 4) is 6.07 Å². The molecule has 2 nitrogen and oxygen atoms in total. The van der Waals surface area contributed by atoms with Gasteiger partial charge in [0.1, 0.15) is 0 Å². The molecule has 2 rings (SSSR count). The Labute approximate surface area is 122 Å². The SMILES string of the molecule is CC[C@]1(C)C[C@@H]([C@H](CC#N)c2ccc(C)cc2)CCO1. The maximum atomic E-state index is 9.19. The van der Waals surface area contributed by atoms with Gasteiger partial charge < -0.3 is 4.74 Å². The van der Waals surface area contributed by atoms with Crippen LogP contribution in [0.2, 0.25) is 0 Å². The van der Waals surface area contributed by atoms with Gasteiger partial charge in [-0.3, -0.25) is 0 Å². The number of nitriles is 1. The second-order valence-electron chi connectivity index (χ2n) is 6.28. The molecular formula is C18H25NO. The van der Waals surface area contributed by atoms with Crippen molar-refractivity contribution in [1.29, 1.82) is 5.26 Å². The molecule has 0 amide bonds. The molecule has 1 fully saturated rings. The maximum Gasteiger partial charge on any atom is 0.0654 e. The van der Waals surface area contributed by atoms with Crippen molar-refractivity contribution in [2.45, 2.75) is 58.0 Å². The summed E-state index contributed by atoms with van der Waals surface area (Å²) in [4.78, 5) is 0. The zero-order chi connectivity index (χ0) is 14.6. The Balaban J connectivity index is 2.20. The fourth-order valence-corrected chi connectivity index (χ4v) is 3.23. The van der Waals surface area contributed by atoms with Crippen LogP contribution in [0.5, 0.6) is 0 Å². The summed E-state index contributed by atoms with van der Waals surface area (Å²) >= 11 is 0. The van der Waals surface area contributed by atoms with Gasteiger partial charge in [0.05, 0.1) is 11.7 Å². The van der Waals surface area contributed by atoms with Gasteiger partial charge in [0.15, 0.2) is 0 Å². The molecule has 2 heteroatoms. The normalized spacial score (nSPS) is 27.8. The number of hydrogen-bond acceptors (Lipinski definition) is 2. The highest BCUT2D eigenvalue weighted by Crippen LogP contribution is 2.41. The molecule has 1 heterocycles. The van der Waals surface area contributed by atoms with Crippen molar-refractivity contribution in [1.82, 2.24) is 0 Å². The smallest absolute Gasteiger partial charge is 0.0654 e. The van der Waals surface area contributed by atoms with Crippen molar-refractivity contribution in [3.05, 3.63) is 35.4 Å². The summed E-state index contributed by atoms with van der Waals surface area (Å²) in [6, 6.07) is 11.1. The minimum Gasteiger partial charge on any atom is -0.375 e. The standard InChI is InChI=1S/C18H25NO/c1-4-18(3)13-16(10-12-20-18)17(9-11-19)15-7-5-14(2)6-8-15/h5-8,16-17H,4,9-10,12-13H2,1-3H3/t16-,17+,18+/m0/s1. The third kappa shape index (κ3) is 3.41. The lowest BCUT2D eigenvalue weighted by Gasteiger charge is -2.40. The average Bonchev–Trinajstić information content (AvgIpc) is 2.46. The third-order valence-electron chi connectivity index (χ3n) is 4.77. The molecule has 1 aliphatic rings. The van der Waals surface area contributed by atoms with Crippen LogP contribution in [0.25, 0.3) is 0 Å². The second kappa shape index (κ2) is 6.41. The summed E-state index contributed by atoms with van der Waals surface area (Å²) in [6.45, 7) is 7.32. The Bertz CT molecular complexity index is 473. The van der Waals surface area contributed by atoms with Gasteiger partial charge in [-0.2, -0.15) is 5.26 Å². The zero-order valence-corrected chi connectivity index (χ0v) is 12.9. The molecule has 1 aliphatic heterocycles. The molecule has 0 N–H and O–H groups in total. The van der Waals surface area contributed by atoms with Gasteiger partial charge in [0.25, 0.3) is 0 Å². The van der Waals surface area contributed by atoms with E-state index in [2.05, 4.69) is 51.1 Å². The number of ether oxygens (including phenoxy) is 1. The Morgan fingerprint density at radius 1 is 1.40 bits per heavy atom. The predicted molar refractivity (Wildman–Crippen MR) is 81.5 cm³/mol. The van der Waals surface area contributed by atoms with Gasteiger partial charge in [0, 0.05) is 13.0 Å². The monoisotopic (exact) mass is 271 g/mol. The van der Waals surface area contributed by atoms with E-state index in [0.717, 1.165) is 25.9 Å². The van der Waals surface area contributed by atoms with Crippen LogP contribution >= 0.6 is 0 Å². The first kappa shape index (κ1) is 15.1. The van der Waals surface area contributed by atoms with Crippen molar-refractivity contribution in [2.75, 3.05) is 6.61 Å². The first-order valence-electron chi connectivity index (χ1n) is 7.65. The summed E-state index contributed by atoms with van der Waals surface area (Å²) in [7, 11) is 0. The highest BCUT2D eigenvalue weighted by Gasteiger charge is 2.35. The fraction of sp³-hybridized carbons (Fsp3) is 0.611. The van der Waals surface area contributed by atoms with E-state index in [-0.39, 0.29) is 5.60 Å². The van der Waals surface area contributed by atoms with E-state index in [9.17, 15) is 5.26 Å². The van der Waals surface area contributed by atoms with Crippen molar-refractivity contribution < 1.29 is 4.74 Å². The highest BCUT2D eigenvalue weighted by molar-refractivity contribution is 5.26. The summed E-state index contributed by atoms with van der Waals surface area (Å²) in [6.07, 6.45) is 3.77. The van der Waals surface area contributed by atoms with Gasteiger partial charge in [0.2, 0.25) is 0 Å². The van der Waals surface area contributed by atoms with E-state index in [1.54, 1.807) is 0 Å². The Morgan fingerprint density at radius 2 is 2.10 bits per heavy atom. The molecule has 0 radical (unpaired) electrons. The minimum atomic E-state index is -0.0126. The van der Waals surface area contributed by atoms with Crippen LogP contribution in [0.1, 0.15) is 56.6 Å². The van der Waals surface area contributed by atoms with Gasteiger partial charge >= 0.3 is 0 Å². The van der Waals surface area contributed by atoms with E-state index in [1.165, 1.54) is 11.1 Å². The number of hydrogen-bond donors (Lipinski definition) is 0. The quantitative estimate of drug-likeness (QED) is 0.802. The van der Waals surface area contributed by atoms with Crippen LogP contribution in [0.15, 0.2) is 24.3 Å². The summed E-state index contributed by atoms with van der Waals surface area (Å²) < 4.78 is 5.95. The number of benzene rings is 1. The van der Waals surface area contributed by atoms with Crippen molar-refractivity contribution in [2.24, 2.45) is 5.92 Å². The van der Waals surface area contributed by atoms with E-state index in [4.69, 9.17) is 4.74 Å². The largest absolute Gasteiger partial charge is 0.375 e. The third-order valence-corrected chi connectivity index (χ3v) is 4.77. The molecule has 0 unspecified atom stereocenters. The molecule has 1 aromatic carbocycles. The molecule has 3 atom stereocenters. The predicted octanol–water partition coefficient (Wildman–Crippen LogP) is 4.59. The Morgan fingerprint density at radius 3 is 2.70 bits per heavy atom. The van der Waals surface area contributed by atoms with Gasteiger partial charge in [-0.25, -0.2) is 0 Å².